The Bertz CT molecular complexity index is 1070. The van der Waals surface area contributed by atoms with Crippen molar-refractivity contribution in [3.63, 3.8) is 0 Å². The molecule has 0 aliphatic rings. The minimum Gasteiger partial charge on any atom is -0.490 e. The number of halogens is 2. The van der Waals surface area contributed by atoms with Gasteiger partial charge in [0.2, 0.25) is 0 Å². The van der Waals surface area contributed by atoms with Crippen molar-refractivity contribution in [1.82, 2.24) is 0 Å². The Morgan fingerprint density at radius 1 is 1.10 bits per heavy atom. The molecule has 3 aromatic carbocycles. The molecule has 31 heavy (non-hydrogen) atoms. The lowest BCUT2D eigenvalue weighted by molar-refractivity contribution is 0.0696. The van der Waals surface area contributed by atoms with Gasteiger partial charge in [-0.1, -0.05) is 29.8 Å². The van der Waals surface area contributed by atoms with Gasteiger partial charge in [-0.15, -0.1) is 0 Å². The molecule has 7 heteroatoms. The van der Waals surface area contributed by atoms with Crippen LogP contribution in [0.3, 0.4) is 0 Å². The summed E-state index contributed by atoms with van der Waals surface area (Å²) in [5.74, 6) is -0.353. The number of benzene rings is 3. The number of anilines is 1. The Balaban J connectivity index is 1.77. The number of nitrogens with one attached hydrogen (secondary N) is 1. The first kappa shape index (κ1) is 22.4. The molecule has 0 aliphatic heterocycles. The van der Waals surface area contributed by atoms with E-state index in [1.165, 1.54) is 12.1 Å². The third-order valence-electron chi connectivity index (χ3n) is 4.71. The molecule has 0 radical (unpaired) electrons. The third kappa shape index (κ3) is 5.67. The van der Waals surface area contributed by atoms with Gasteiger partial charge in [-0.2, -0.15) is 0 Å². The molecule has 0 saturated carbocycles. The molecule has 0 spiro atoms. The Morgan fingerprint density at radius 3 is 2.52 bits per heavy atom. The molecule has 0 saturated heterocycles. The van der Waals surface area contributed by atoms with E-state index in [9.17, 15) is 14.3 Å². The Morgan fingerprint density at radius 2 is 1.84 bits per heavy atom. The lowest BCUT2D eigenvalue weighted by atomic mass is 10.1. The van der Waals surface area contributed by atoms with Gasteiger partial charge < -0.3 is 19.9 Å². The molecule has 0 bridgehead atoms. The summed E-state index contributed by atoms with van der Waals surface area (Å²) in [6.45, 7) is 4.70. The van der Waals surface area contributed by atoms with Crippen molar-refractivity contribution in [2.24, 2.45) is 0 Å². The molecule has 0 aromatic heterocycles. The van der Waals surface area contributed by atoms with E-state index in [4.69, 9.17) is 21.1 Å². The molecule has 3 aromatic rings. The summed E-state index contributed by atoms with van der Waals surface area (Å²) in [5, 5.41) is 12.9. The summed E-state index contributed by atoms with van der Waals surface area (Å²) in [5.41, 5.74) is 3.29. The van der Waals surface area contributed by atoms with Gasteiger partial charge in [-0.05, 0) is 66.9 Å². The van der Waals surface area contributed by atoms with Crippen molar-refractivity contribution in [2.75, 3.05) is 11.9 Å². The van der Waals surface area contributed by atoms with E-state index in [1.807, 2.05) is 19.1 Å². The minimum absolute atomic E-state index is 0.221. The number of hydrogen-bond acceptors (Lipinski definition) is 4. The van der Waals surface area contributed by atoms with Gasteiger partial charge >= 0.3 is 5.97 Å². The van der Waals surface area contributed by atoms with Crippen LogP contribution in [0.15, 0.2) is 54.6 Å². The van der Waals surface area contributed by atoms with Gasteiger partial charge in [-0.3, -0.25) is 0 Å². The second kappa shape index (κ2) is 10.2. The zero-order valence-corrected chi connectivity index (χ0v) is 18.0. The third-order valence-corrected chi connectivity index (χ3v) is 4.99. The van der Waals surface area contributed by atoms with Crippen LogP contribution < -0.4 is 14.8 Å². The van der Waals surface area contributed by atoms with Crippen LogP contribution in [0.4, 0.5) is 10.1 Å². The minimum atomic E-state index is -0.967. The van der Waals surface area contributed by atoms with Crippen LogP contribution in [-0.2, 0) is 13.2 Å². The number of ether oxygens (including phenoxy) is 2. The molecule has 0 heterocycles. The van der Waals surface area contributed by atoms with Crippen LogP contribution in [0.2, 0.25) is 5.02 Å². The summed E-state index contributed by atoms with van der Waals surface area (Å²) in [6, 6.07) is 14.7. The van der Waals surface area contributed by atoms with E-state index >= 15 is 0 Å². The van der Waals surface area contributed by atoms with E-state index < -0.39 is 5.97 Å². The van der Waals surface area contributed by atoms with Crippen LogP contribution in [0.1, 0.15) is 34.0 Å². The van der Waals surface area contributed by atoms with Crippen LogP contribution in [-0.4, -0.2) is 17.7 Å². The summed E-state index contributed by atoms with van der Waals surface area (Å²) >= 11 is 6.47. The van der Waals surface area contributed by atoms with Crippen molar-refractivity contribution >= 4 is 23.3 Å². The van der Waals surface area contributed by atoms with Gasteiger partial charge in [0.25, 0.3) is 0 Å². The van der Waals surface area contributed by atoms with E-state index in [2.05, 4.69) is 5.32 Å². The molecular weight excluding hydrogens is 421 g/mol. The Hall–Kier alpha value is -3.25. The number of hydrogen-bond donors (Lipinski definition) is 2. The van der Waals surface area contributed by atoms with E-state index in [0.29, 0.717) is 35.2 Å². The van der Waals surface area contributed by atoms with Crippen molar-refractivity contribution in [1.29, 1.82) is 0 Å². The monoisotopic (exact) mass is 443 g/mol. The first-order valence-electron chi connectivity index (χ1n) is 9.78. The Kier molecular flexibility index (Phi) is 7.36. The maximum Gasteiger partial charge on any atom is 0.336 e. The van der Waals surface area contributed by atoms with E-state index in [-0.39, 0.29) is 18.0 Å². The van der Waals surface area contributed by atoms with Crippen molar-refractivity contribution in [2.45, 2.75) is 27.0 Å². The SMILES string of the molecule is CCOc1cc(CNc2cccc(C(=O)O)c2C)cc(Cl)c1OCc1ccc(F)cc1. The topological polar surface area (TPSA) is 67.8 Å². The molecule has 0 unspecified atom stereocenters. The average Bonchev–Trinajstić information content (AvgIpc) is 2.73. The largest absolute Gasteiger partial charge is 0.490 e. The molecule has 0 amide bonds. The van der Waals surface area contributed by atoms with E-state index in [1.54, 1.807) is 37.3 Å². The predicted octanol–water partition coefficient (Wildman–Crippen LogP) is 6.08. The number of carboxylic acid groups (broad SMARTS) is 1. The highest BCUT2D eigenvalue weighted by molar-refractivity contribution is 6.32. The number of carboxylic acids is 1. The van der Waals surface area contributed by atoms with Crippen LogP contribution in [0.5, 0.6) is 11.5 Å². The zero-order valence-electron chi connectivity index (χ0n) is 17.2. The van der Waals surface area contributed by atoms with E-state index in [0.717, 1.165) is 16.8 Å². The van der Waals surface area contributed by atoms with Gasteiger partial charge in [0.1, 0.15) is 12.4 Å². The molecular formula is C24H23ClFNO4. The lowest BCUT2D eigenvalue weighted by Gasteiger charge is -2.16. The number of rotatable bonds is 9. The maximum absolute atomic E-state index is 13.1. The number of aromatic carboxylic acids is 1. The van der Waals surface area contributed by atoms with Crippen molar-refractivity contribution in [3.8, 4) is 11.5 Å². The second-order valence-corrected chi connectivity index (χ2v) is 7.30. The lowest BCUT2D eigenvalue weighted by Crippen LogP contribution is -2.07. The molecule has 0 aliphatic carbocycles. The zero-order chi connectivity index (χ0) is 22.4. The molecule has 0 fully saturated rings. The molecule has 162 valence electrons. The Labute approximate surface area is 185 Å². The standard InChI is InChI=1S/C24H23ClFNO4/c1-3-30-22-12-17(13-27-21-6-4-5-19(15(21)2)24(28)29)11-20(25)23(22)31-14-16-7-9-18(26)10-8-16/h4-12,27H,3,13-14H2,1-2H3,(H,28,29). The number of carbonyl (C=O) groups is 1. The summed E-state index contributed by atoms with van der Waals surface area (Å²) < 4.78 is 24.7. The fourth-order valence-electron chi connectivity index (χ4n) is 3.12. The highest BCUT2D eigenvalue weighted by atomic mass is 35.5. The van der Waals surface area contributed by atoms with Gasteiger partial charge in [-0.25, -0.2) is 9.18 Å². The summed E-state index contributed by atoms with van der Waals surface area (Å²) in [7, 11) is 0. The van der Waals surface area contributed by atoms with Gasteiger partial charge in [0, 0.05) is 12.2 Å². The second-order valence-electron chi connectivity index (χ2n) is 6.89. The molecule has 0 atom stereocenters. The predicted molar refractivity (Wildman–Crippen MR) is 119 cm³/mol. The van der Waals surface area contributed by atoms with Gasteiger partial charge in [0.15, 0.2) is 11.5 Å². The smallest absolute Gasteiger partial charge is 0.336 e. The van der Waals surface area contributed by atoms with Crippen molar-refractivity contribution < 1.29 is 23.8 Å². The van der Waals surface area contributed by atoms with Crippen LogP contribution in [0, 0.1) is 12.7 Å². The normalized spacial score (nSPS) is 10.6. The fraction of sp³-hybridized carbons (Fsp3) is 0.208. The maximum atomic E-state index is 13.1. The van der Waals surface area contributed by atoms with Crippen molar-refractivity contribution in [3.05, 3.63) is 87.7 Å². The fourth-order valence-corrected chi connectivity index (χ4v) is 3.41. The first-order valence-corrected chi connectivity index (χ1v) is 10.2. The highest BCUT2D eigenvalue weighted by Crippen LogP contribution is 2.37. The van der Waals surface area contributed by atoms with Crippen LogP contribution in [0.25, 0.3) is 0 Å². The average molecular weight is 444 g/mol. The quantitative estimate of drug-likeness (QED) is 0.419. The van der Waals surface area contributed by atoms with Crippen LogP contribution >= 0.6 is 11.6 Å². The molecule has 2 N–H and O–H groups in total. The molecule has 3 rings (SSSR count). The van der Waals surface area contributed by atoms with Gasteiger partial charge in [0.05, 0.1) is 17.2 Å². The molecule has 5 nitrogen and oxygen atoms in total. The highest BCUT2D eigenvalue weighted by Gasteiger charge is 2.14. The summed E-state index contributed by atoms with van der Waals surface area (Å²) in [4.78, 5) is 11.3. The summed E-state index contributed by atoms with van der Waals surface area (Å²) in [6.07, 6.45) is 0. The first-order chi connectivity index (χ1) is 14.9.